The van der Waals surface area contributed by atoms with Gasteiger partial charge in [-0.1, -0.05) is 78.0 Å². The van der Waals surface area contributed by atoms with Crippen LogP contribution in [0.2, 0.25) is 0 Å². The van der Waals surface area contributed by atoms with Gasteiger partial charge in [-0.15, -0.1) is 0 Å². The highest BCUT2D eigenvalue weighted by Gasteiger charge is 2.40. The molecule has 0 spiro atoms. The minimum absolute atomic E-state index is 0.0156. The van der Waals surface area contributed by atoms with Crippen molar-refractivity contribution in [2.75, 3.05) is 20.7 Å². The monoisotopic (exact) mass is 945 g/mol. The fourth-order valence-corrected chi connectivity index (χ4v) is 7.57. The lowest BCUT2D eigenvalue weighted by Crippen LogP contribution is -2.60. The number of unbranched alkanes of at least 4 members (excludes halogenated alkanes) is 6. The number of nitrogens with zero attached hydrogens (tertiary/aromatic N) is 1. The summed E-state index contributed by atoms with van der Waals surface area (Å²) in [4.78, 5) is 107. The maximum Gasteiger partial charge on any atom is 0.289 e. The molecule has 1 saturated heterocycles. The van der Waals surface area contributed by atoms with Crippen LogP contribution in [0.5, 0.6) is 5.75 Å². The van der Waals surface area contributed by atoms with Gasteiger partial charge in [0.05, 0.1) is 18.2 Å². The Hall–Kier alpha value is -5.60. The largest absolute Gasteiger partial charge is 0.508 e. The van der Waals surface area contributed by atoms with Crippen LogP contribution in [0.3, 0.4) is 0 Å². The summed E-state index contributed by atoms with van der Waals surface area (Å²) in [5, 5.41) is 49.3. The van der Waals surface area contributed by atoms with Crippen LogP contribution in [0.4, 0.5) is 0 Å². The average molecular weight is 945 g/mol. The first kappa shape index (κ1) is 57.5. The van der Waals surface area contributed by atoms with Gasteiger partial charge in [0.15, 0.2) is 12.3 Å². The number of nitrogens with one attached hydrogen (secondary N) is 7. The van der Waals surface area contributed by atoms with E-state index in [4.69, 9.17) is 4.74 Å². The summed E-state index contributed by atoms with van der Waals surface area (Å²) in [5.74, 6) is -6.01. The maximum atomic E-state index is 14.1. The highest BCUT2D eigenvalue weighted by molar-refractivity contribution is 6.38. The number of carbonyl (C=O) groups is 8. The molecule has 7 amide bonds. The molecule has 20 nitrogen and oxygen atoms in total. The van der Waals surface area contributed by atoms with E-state index in [1.165, 1.54) is 63.4 Å². The lowest BCUT2D eigenvalue weighted by atomic mass is 10.0. The van der Waals surface area contributed by atoms with Crippen molar-refractivity contribution in [3.63, 3.8) is 0 Å². The van der Waals surface area contributed by atoms with Crippen LogP contribution in [0.25, 0.3) is 0 Å². The van der Waals surface area contributed by atoms with E-state index < -0.39 is 95.9 Å². The van der Waals surface area contributed by atoms with Gasteiger partial charge in [-0.25, -0.2) is 0 Å². The van der Waals surface area contributed by atoms with Gasteiger partial charge in [-0.2, -0.15) is 0 Å². The van der Waals surface area contributed by atoms with Crippen molar-refractivity contribution in [3.8, 4) is 5.75 Å². The first-order valence-corrected chi connectivity index (χ1v) is 23.3. The molecule has 1 fully saturated rings. The Balaban J connectivity index is 2.18. The molecule has 1 aromatic rings. The molecular formula is C47H76N8O12. The zero-order valence-corrected chi connectivity index (χ0v) is 40.4. The number of rotatable bonds is 30. The number of ketones is 1. The van der Waals surface area contributed by atoms with E-state index in [9.17, 15) is 53.7 Å². The first-order valence-electron chi connectivity index (χ1n) is 23.3. The SMILES string of the molecule is C=C(N[C@H](C(=O)N[C@@H](C)C(=O)N[C@@H](Cc1ccc(O)cc1)C(=O)NC(C)C(=O)C(=O)NC)C(O)OC)C1CCCN1C(=O)C(NC(=O)[C@H](CC(C)C)NC(=O)CCCCCCCCC)C(C)O. The Labute approximate surface area is 394 Å². The third kappa shape index (κ3) is 19.3. The molecule has 0 aliphatic carbocycles. The number of Topliss-reactive ketones (excluding diaryl/α,β-unsaturated/α-hetero) is 1. The lowest BCUT2D eigenvalue weighted by Gasteiger charge is -2.34. The molecule has 2 rings (SSSR count). The van der Waals surface area contributed by atoms with Crippen LogP contribution in [-0.4, -0.2) is 143 Å². The van der Waals surface area contributed by atoms with Gasteiger partial charge in [-0.3, -0.25) is 38.4 Å². The third-order valence-corrected chi connectivity index (χ3v) is 11.5. The normalized spacial score (nSPS) is 17.1. The van der Waals surface area contributed by atoms with Crippen molar-refractivity contribution in [2.45, 2.75) is 173 Å². The van der Waals surface area contributed by atoms with Crippen molar-refractivity contribution >= 4 is 47.1 Å². The topological polar surface area (TPSA) is 294 Å². The summed E-state index contributed by atoms with van der Waals surface area (Å²) in [7, 11) is 2.40. The Morgan fingerprint density at radius 1 is 0.746 bits per heavy atom. The fraction of sp³-hybridized carbons (Fsp3) is 0.660. The van der Waals surface area contributed by atoms with Gasteiger partial charge in [-0.05, 0) is 70.1 Å². The number of aliphatic hydroxyl groups excluding tert-OH is 2. The maximum absolute atomic E-state index is 14.1. The van der Waals surface area contributed by atoms with Crippen molar-refractivity contribution < 1.29 is 58.4 Å². The molecule has 1 aliphatic rings. The number of amides is 7. The van der Waals surface area contributed by atoms with Gasteiger partial charge < -0.3 is 62.2 Å². The van der Waals surface area contributed by atoms with Crippen LogP contribution < -0.4 is 37.2 Å². The second kappa shape index (κ2) is 29.2. The zero-order valence-electron chi connectivity index (χ0n) is 40.4. The third-order valence-electron chi connectivity index (χ3n) is 11.5. The predicted octanol–water partition coefficient (Wildman–Crippen LogP) is 0.709. The van der Waals surface area contributed by atoms with E-state index in [0.717, 1.165) is 39.2 Å². The number of carbonyl (C=O) groups excluding carboxylic acids is 8. The Morgan fingerprint density at radius 3 is 1.93 bits per heavy atom. The quantitative estimate of drug-likeness (QED) is 0.0289. The highest BCUT2D eigenvalue weighted by Crippen LogP contribution is 2.24. The first-order chi connectivity index (χ1) is 31.6. The molecule has 20 heteroatoms. The molecule has 5 unspecified atom stereocenters. The van der Waals surface area contributed by atoms with Gasteiger partial charge in [0.2, 0.25) is 41.2 Å². The van der Waals surface area contributed by atoms with Crippen molar-refractivity contribution in [1.82, 2.24) is 42.1 Å². The second-order valence-corrected chi connectivity index (χ2v) is 17.6. The van der Waals surface area contributed by atoms with Crippen molar-refractivity contribution in [2.24, 2.45) is 5.92 Å². The number of likely N-dealkylation sites (tertiary alicyclic amines) is 1. The van der Waals surface area contributed by atoms with Gasteiger partial charge in [0, 0.05) is 39.2 Å². The molecule has 0 radical (unpaired) electrons. The van der Waals surface area contributed by atoms with Crippen LogP contribution in [-0.2, 0) is 49.5 Å². The Kier molecular flexibility index (Phi) is 25.1. The van der Waals surface area contributed by atoms with E-state index in [0.29, 0.717) is 31.2 Å². The number of likely N-dealkylation sites (N-methyl/N-ethyl adjacent to an activating group) is 1. The smallest absolute Gasteiger partial charge is 0.289 e. The number of hydrogen-bond acceptors (Lipinski definition) is 13. The molecule has 1 heterocycles. The molecule has 9 atom stereocenters. The van der Waals surface area contributed by atoms with Crippen LogP contribution in [0.15, 0.2) is 36.5 Å². The number of aromatic hydroxyl groups is 1. The van der Waals surface area contributed by atoms with E-state index >= 15 is 0 Å². The summed E-state index contributed by atoms with van der Waals surface area (Å²) in [5.41, 5.74) is 0.622. The average Bonchev–Trinajstić information content (AvgIpc) is 3.79. The standard InChI is InChI=1S/C47H76N8O12/c1-10-11-12-13-14-15-16-19-37(58)52-34(25-27(2)3)43(62)54-38(31(7)56)46(65)55-24-17-18-36(55)28(4)49-39(47(66)67-9)44(63)51-30(6)41(60)53-35(26-32-20-22-33(57)23-21-32)42(61)50-29(5)40(59)45(64)48-8/h20-23,27,29-31,34-36,38-39,47,49,56-57,66H,4,10-19,24-26H2,1-3,5-9H3,(H,48,64)(H,50,61)(H,51,63)(H,52,58)(H,53,60)(H,54,62)/t29?,30-,31?,34-,35-,36?,38?,39+,47?/m0/s1. The van der Waals surface area contributed by atoms with Crippen LogP contribution in [0.1, 0.15) is 118 Å². The van der Waals surface area contributed by atoms with Crippen molar-refractivity contribution in [1.29, 1.82) is 0 Å². The van der Waals surface area contributed by atoms with Gasteiger partial charge in [0.25, 0.3) is 5.91 Å². The Bertz CT molecular complexity index is 1830. The summed E-state index contributed by atoms with van der Waals surface area (Å²) < 4.78 is 5.07. The molecule has 376 valence electrons. The number of phenols is 1. The summed E-state index contributed by atoms with van der Waals surface area (Å²) in [6.07, 6.45) is 5.37. The van der Waals surface area contributed by atoms with Gasteiger partial charge >= 0.3 is 0 Å². The predicted molar refractivity (Wildman–Crippen MR) is 249 cm³/mol. The number of aliphatic hydroxyl groups is 2. The molecule has 1 aromatic carbocycles. The van der Waals surface area contributed by atoms with E-state index in [2.05, 4.69) is 50.7 Å². The lowest BCUT2D eigenvalue weighted by molar-refractivity contribution is -0.143. The molecule has 0 aromatic heterocycles. The molecule has 1 aliphatic heterocycles. The minimum Gasteiger partial charge on any atom is -0.508 e. The van der Waals surface area contributed by atoms with Gasteiger partial charge in [0.1, 0.15) is 29.9 Å². The summed E-state index contributed by atoms with van der Waals surface area (Å²) in [6.45, 7) is 14.2. The zero-order chi connectivity index (χ0) is 50.4. The van der Waals surface area contributed by atoms with E-state index in [1.54, 1.807) is 0 Å². The molecule has 10 N–H and O–H groups in total. The summed E-state index contributed by atoms with van der Waals surface area (Å²) >= 11 is 0. The van der Waals surface area contributed by atoms with Crippen molar-refractivity contribution in [3.05, 3.63) is 42.1 Å². The highest BCUT2D eigenvalue weighted by atomic mass is 16.6. The number of benzene rings is 1. The number of methoxy groups -OCH3 is 1. The summed E-state index contributed by atoms with van der Waals surface area (Å²) in [6, 6.07) is -2.85. The van der Waals surface area contributed by atoms with Crippen LogP contribution in [0, 0.1) is 5.92 Å². The van der Waals surface area contributed by atoms with E-state index in [1.807, 2.05) is 13.8 Å². The van der Waals surface area contributed by atoms with E-state index in [-0.39, 0.29) is 42.7 Å². The Morgan fingerprint density at radius 2 is 1.34 bits per heavy atom. The number of ether oxygens (including phenoxy) is 1. The molecule has 67 heavy (non-hydrogen) atoms. The minimum atomic E-state index is -1.80. The number of phenolic OH excluding ortho intramolecular Hbond substituents is 1. The second-order valence-electron chi connectivity index (χ2n) is 17.6. The number of hydrogen-bond donors (Lipinski definition) is 10. The molecular weight excluding hydrogens is 869 g/mol. The molecule has 0 bridgehead atoms. The molecule has 0 saturated carbocycles. The fourth-order valence-electron chi connectivity index (χ4n) is 7.57. The van der Waals surface area contributed by atoms with Crippen LogP contribution >= 0.6 is 0 Å².